The summed E-state index contributed by atoms with van der Waals surface area (Å²) < 4.78 is 0. The molecule has 2 atom stereocenters. The summed E-state index contributed by atoms with van der Waals surface area (Å²) in [5.74, 6) is 1.36. The van der Waals surface area contributed by atoms with Gasteiger partial charge in [0.15, 0.2) is 0 Å². The standard InChI is InChI=1S/C13H23NO/c1-3-9-14-10-13(15)12-8-6-5-7-11(12)4-2/h3,11-12,14H,1,4-10H2,2H3. The van der Waals surface area contributed by atoms with E-state index in [9.17, 15) is 4.79 Å². The summed E-state index contributed by atoms with van der Waals surface area (Å²) in [6.45, 7) is 7.08. The van der Waals surface area contributed by atoms with Gasteiger partial charge in [-0.3, -0.25) is 4.79 Å². The van der Waals surface area contributed by atoms with Gasteiger partial charge in [-0.25, -0.2) is 0 Å². The van der Waals surface area contributed by atoms with Gasteiger partial charge in [-0.05, 0) is 18.8 Å². The van der Waals surface area contributed by atoms with E-state index in [1.54, 1.807) is 6.08 Å². The van der Waals surface area contributed by atoms with Crippen LogP contribution in [-0.2, 0) is 4.79 Å². The lowest BCUT2D eigenvalue weighted by Crippen LogP contribution is -2.34. The number of hydrogen-bond donors (Lipinski definition) is 1. The van der Waals surface area contributed by atoms with Crippen molar-refractivity contribution in [3.63, 3.8) is 0 Å². The van der Waals surface area contributed by atoms with Crippen molar-refractivity contribution in [3.8, 4) is 0 Å². The van der Waals surface area contributed by atoms with Gasteiger partial charge in [-0.1, -0.05) is 32.3 Å². The Hall–Kier alpha value is -0.630. The Balaban J connectivity index is 2.37. The molecule has 0 spiro atoms. The van der Waals surface area contributed by atoms with E-state index < -0.39 is 0 Å². The molecule has 0 saturated heterocycles. The summed E-state index contributed by atoms with van der Waals surface area (Å²) in [5, 5.41) is 3.11. The van der Waals surface area contributed by atoms with Gasteiger partial charge in [0, 0.05) is 12.5 Å². The molecule has 0 bridgehead atoms. The van der Waals surface area contributed by atoms with Crippen molar-refractivity contribution < 1.29 is 4.79 Å². The second kappa shape index (κ2) is 6.78. The average Bonchev–Trinajstić information content (AvgIpc) is 2.29. The maximum absolute atomic E-state index is 11.9. The zero-order valence-corrected chi connectivity index (χ0v) is 9.80. The largest absolute Gasteiger partial charge is 0.307 e. The molecular weight excluding hydrogens is 186 g/mol. The maximum atomic E-state index is 11.9. The Morgan fingerprint density at radius 1 is 1.47 bits per heavy atom. The highest BCUT2D eigenvalue weighted by Crippen LogP contribution is 2.32. The second-order valence-corrected chi connectivity index (χ2v) is 4.45. The van der Waals surface area contributed by atoms with Gasteiger partial charge in [0.2, 0.25) is 0 Å². The Morgan fingerprint density at radius 2 is 2.20 bits per heavy atom. The van der Waals surface area contributed by atoms with Crippen LogP contribution in [0.25, 0.3) is 0 Å². The third-order valence-corrected chi connectivity index (χ3v) is 3.43. The lowest BCUT2D eigenvalue weighted by Gasteiger charge is -2.29. The lowest BCUT2D eigenvalue weighted by molar-refractivity contribution is -0.124. The molecule has 0 radical (unpaired) electrons. The van der Waals surface area contributed by atoms with E-state index >= 15 is 0 Å². The average molecular weight is 209 g/mol. The minimum atomic E-state index is 0.320. The van der Waals surface area contributed by atoms with E-state index in [1.807, 2.05) is 0 Å². The molecule has 0 aromatic heterocycles. The highest BCUT2D eigenvalue weighted by atomic mass is 16.1. The quantitative estimate of drug-likeness (QED) is 0.538. The van der Waals surface area contributed by atoms with Crippen LogP contribution < -0.4 is 5.32 Å². The molecule has 86 valence electrons. The number of rotatable bonds is 6. The number of carbonyl (C=O) groups is 1. The van der Waals surface area contributed by atoms with E-state index in [-0.39, 0.29) is 0 Å². The number of carbonyl (C=O) groups excluding carboxylic acids is 1. The van der Waals surface area contributed by atoms with Crippen LogP contribution in [0.3, 0.4) is 0 Å². The maximum Gasteiger partial charge on any atom is 0.149 e. The zero-order chi connectivity index (χ0) is 11.1. The molecule has 2 nitrogen and oxygen atoms in total. The third-order valence-electron chi connectivity index (χ3n) is 3.43. The molecule has 0 aliphatic heterocycles. The summed E-state index contributed by atoms with van der Waals surface area (Å²) in [6, 6.07) is 0. The predicted molar refractivity (Wildman–Crippen MR) is 63.8 cm³/mol. The molecule has 0 aromatic carbocycles. The van der Waals surface area contributed by atoms with Gasteiger partial charge in [0.05, 0.1) is 6.54 Å². The number of hydrogen-bond acceptors (Lipinski definition) is 2. The van der Waals surface area contributed by atoms with Crippen LogP contribution in [0.5, 0.6) is 0 Å². The number of ketones is 1. The van der Waals surface area contributed by atoms with Gasteiger partial charge >= 0.3 is 0 Å². The first kappa shape index (κ1) is 12.4. The normalized spacial score (nSPS) is 26.2. The lowest BCUT2D eigenvalue weighted by atomic mass is 9.75. The zero-order valence-electron chi connectivity index (χ0n) is 9.80. The van der Waals surface area contributed by atoms with Crippen LogP contribution in [0.15, 0.2) is 12.7 Å². The number of nitrogens with one attached hydrogen (secondary N) is 1. The van der Waals surface area contributed by atoms with E-state index in [2.05, 4.69) is 18.8 Å². The second-order valence-electron chi connectivity index (χ2n) is 4.45. The van der Waals surface area contributed by atoms with Crippen molar-refractivity contribution in [1.29, 1.82) is 0 Å². The molecule has 15 heavy (non-hydrogen) atoms. The molecule has 1 aliphatic carbocycles. The van der Waals surface area contributed by atoms with Crippen LogP contribution in [0.4, 0.5) is 0 Å². The van der Waals surface area contributed by atoms with Crippen LogP contribution in [0.2, 0.25) is 0 Å². The molecule has 2 heteroatoms. The summed E-state index contributed by atoms with van der Waals surface area (Å²) >= 11 is 0. The van der Waals surface area contributed by atoms with E-state index in [0.29, 0.717) is 24.2 Å². The van der Waals surface area contributed by atoms with Gasteiger partial charge in [-0.2, -0.15) is 0 Å². The Kier molecular flexibility index (Phi) is 5.62. The molecule has 0 heterocycles. The topological polar surface area (TPSA) is 29.1 Å². The van der Waals surface area contributed by atoms with Gasteiger partial charge in [0.25, 0.3) is 0 Å². The van der Waals surface area contributed by atoms with Crippen molar-refractivity contribution in [1.82, 2.24) is 5.32 Å². The summed E-state index contributed by atoms with van der Waals surface area (Å²) in [7, 11) is 0. The minimum absolute atomic E-state index is 0.320. The molecular formula is C13H23NO. The van der Waals surface area contributed by atoms with Crippen LogP contribution in [0, 0.1) is 11.8 Å². The fourth-order valence-electron chi connectivity index (χ4n) is 2.55. The molecule has 1 aliphatic rings. The molecule has 1 fully saturated rings. The summed E-state index contributed by atoms with van der Waals surface area (Å²) in [4.78, 5) is 11.9. The van der Waals surface area contributed by atoms with Gasteiger partial charge in [0.1, 0.15) is 5.78 Å². The first-order chi connectivity index (χ1) is 7.29. The Morgan fingerprint density at radius 3 is 2.87 bits per heavy atom. The molecule has 1 rings (SSSR count). The summed E-state index contributed by atoms with van der Waals surface area (Å²) in [6.07, 6.45) is 7.83. The van der Waals surface area contributed by atoms with Crippen molar-refractivity contribution >= 4 is 5.78 Å². The highest BCUT2D eigenvalue weighted by molar-refractivity contribution is 5.83. The molecule has 0 amide bonds. The first-order valence-electron chi connectivity index (χ1n) is 6.14. The fourth-order valence-corrected chi connectivity index (χ4v) is 2.55. The van der Waals surface area contributed by atoms with Crippen molar-refractivity contribution in [3.05, 3.63) is 12.7 Å². The monoisotopic (exact) mass is 209 g/mol. The van der Waals surface area contributed by atoms with Crippen LogP contribution >= 0.6 is 0 Å². The molecule has 2 unspecified atom stereocenters. The van der Waals surface area contributed by atoms with Crippen molar-refractivity contribution in [2.24, 2.45) is 11.8 Å². The van der Waals surface area contributed by atoms with E-state index in [4.69, 9.17) is 0 Å². The molecule has 0 aromatic rings. The van der Waals surface area contributed by atoms with Crippen molar-refractivity contribution in [2.45, 2.75) is 39.0 Å². The predicted octanol–water partition coefficient (Wildman–Crippen LogP) is 2.55. The van der Waals surface area contributed by atoms with E-state index in [0.717, 1.165) is 19.4 Å². The van der Waals surface area contributed by atoms with Gasteiger partial charge in [-0.15, -0.1) is 6.58 Å². The van der Waals surface area contributed by atoms with E-state index in [1.165, 1.54) is 19.3 Å². The van der Waals surface area contributed by atoms with Crippen molar-refractivity contribution in [2.75, 3.05) is 13.1 Å². The third kappa shape index (κ3) is 3.78. The summed E-state index contributed by atoms with van der Waals surface area (Å²) in [5.41, 5.74) is 0. The Labute approximate surface area is 93.1 Å². The molecule has 1 saturated carbocycles. The minimum Gasteiger partial charge on any atom is -0.307 e. The Bertz CT molecular complexity index is 213. The molecule has 1 N–H and O–H groups in total. The first-order valence-corrected chi connectivity index (χ1v) is 6.14. The van der Waals surface area contributed by atoms with Crippen LogP contribution in [-0.4, -0.2) is 18.9 Å². The smallest absolute Gasteiger partial charge is 0.149 e. The van der Waals surface area contributed by atoms with Crippen LogP contribution in [0.1, 0.15) is 39.0 Å². The highest BCUT2D eigenvalue weighted by Gasteiger charge is 2.28. The fraction of sp³-hybridized carbons (Fsp3) is 0.769. The number of Topliss-reactive ketones (excluding diaryl/α,β-unsaturated/α-hetero) is 1. The van der Waals surface area contributed by atoms with Gasteiger partial charge < -0.3 is 5.32 Å². The SMILES string of the molecule is C=CCNCC(=O)C1CCCCC1CC.